The molecule has 0 unspecified atom stereocenters. The number of aromatic nitrogens is 1. The van der Waals surface area contributed by atoms with Gasteiger partial charge in [-0.2, -0.15) is 0 Å². The molecule has 1 aromatic heterocycles. The molecule has 23 heavy (non-hydrogen) atoms. The number of sulfone groups is 1. The number of nitrogens with one attached hydrogen (secondary N) is 2. The highest BCUT2D eigenvalue weighted by Gasteiger charge is 2.28. The second kappa shape index (κ2) is 10.1. The molecule has 2 N–H and O–H groups in total. The lowest BCUT2D eigenvalue weighted by molar-refractivity contribution is 0.559. The average Bonchev–Trinajstić information content (AvgIpc) is 2.44. The Hall–Kier alpha value is -0.900. The highest BCUT2D eigenvalue weighted by atomic mass is 127. The summed E-state index contributed by atoms with van der Waals surface area (Å²) < 4.78 is 23.4. The maximum absolute atomic E-state index is 12.1. The van der Waals surface area contributed by atoms with Crippen molar-refractivity contribution in [3.8, 4) is 0 Å². The number of hydrogen-bond acceptors (Lipinski definition) is 4. The lowest BCUT2D eigenvalue weighted by atomic mass is 10.3. The molecule has 8 heteroatoms. The monoisotopic (exact) mass is 454 g/mol. The third kappa shape index (κ3) is 7.96. The van der Waals surface area contributed by atoms with Crippen LogP contribution in [-0.2, 0) is 16.4 Å². The normalized spacial score (nSPS) is 12.4. The van der Waals surface area contributed by atoms with Crippen LogP contribution in [0.4, 0.5) is 0 Å². The lowest BCUT2D eigenvalue weighted by Crippen LogP contribution is -2.41. The van der Waals surface area contributed by atoms with Crippen molar-refractivity contribution in [3.63, 3.8) is 0 Å². The summed E-state index contributed by atoms with van der Waals surface area (Å²) in [4.78, 5) is 8.61. The summed E-state index contributed by atoms with van der Waals surface area (Å²) in [6.07, 6.45) is 1.72. The summed E-state index contributed by atoms with van der Waals surface area (Å²) in [5.41, 5.74) is 0.863. The average molecular weight is 454 g/mol. The van der Waals surface area contributed by atoms with Crippen LogP contribution in [-0.4, -0.2) is 43.0 Å². The number of nitrogens with zero attached hydrogens (tertiary/aromatic N) is 2. The lowest BCUT2D eigenvalue weighted by Gasteiger charge is -2.19. The Kier molecular flexibility index (Phi) is 9.67. The fourth-order valence-electron chi connectivity index (χ4n) is 1.60. The Balaban J connectivity index is 0.00000484. The highest BCUT2D eigenvalue weighted by molar-refractivity contribution is 14.0. The van der Waals surface area contributed by atoms with E-state index >= 15 is 0 Å². The fourth-order valence-corrected chi connectivity index (χ4v) is 2.59. The van der Waals surface area contributed by atoms with E-state index in [2.05, 4.69) is 20.6 Å². The van der Waals surface area contributed by atoms with Crippen molar-refractivity contribution in [3.05, 3.63) is 30.1 Å². The molecule has 0 aliphatic rings. The van der Waals surface area contributed by atoms with Crippen molar-refractivity contribution in [2.75, 3.05) is 18.8 Å². The van der Waals surface area contributed by atoms with Crippen LogP contribution >= 0.6 is 24.0 Å². The van der Waals surface area contributed by atoms with Crippen LogP contribution in [0.2, 0.25) is 0 Å². The van der Waals surface area contributed by atoms with Gasteiger partial charge in [0.05, 0.1) is 22.7 Å². The summed E-state index contributed by atoms with van der Waals surface area (Å²) in [7, 11) is -3.13. The van der Waals surface area contributed by atoms with Crippen LogP contribution in [0.15, 0.2) is 29.4 Å². The van der Waals surface area contributed by atoms with Crippen molar-refractivity contribution in [2.24, 2.45) is 4.99 Å². The van der Waals surface area contributed by atoms with E-state index in [1.165, 1.54) is 0 Å². The molecule has 0 atom stereocenters. The highest BCUT2D eigenvalue weighted by Crippen LogP contribution is 2.15. The van der Waals surface area contributed by atoms with Crippen LogP contribution in [0, 0.1) is 0 Å². The summed E-state index contributed by atoms with van der Waals surface area (Å²) in [5, 5.41) is 6.15. The van der Waals surface area contributed by atoms with E-state index in [1.807, 2.05) is 25.1 Å². The Morgan fingerprint density at radius 2 is 1.96 bits per heavy atom. The summed E-state index contributed by atoms with van der Waals surface area (Å²) in [6.45, 7) is 8.58. The molecule has 6 nitrogen and oxygen atoms in total. The Morgan fingerprint density at radius 1 is 1.26 bits per heavy atom. The maximum atomic E-state index is 12.1. The number of halogens is 1. The quantitative estimate of drug-likeness (QED) is 0.390. The van der Waals surface area contributed by atoms with Gasteiger partial charge in [0.15, 0.2) is 15.8 Å². The van der Waals surface area contributed by atoms with Gasteiger partial charge in [-0.3, -0.25) is 4.98 Å². The fraction of sp³-hybridized carbons (Fsp3) is 0.600. The molecule has 0 amide bonds. The molecule has 0 spiro atoms. The zero-order chi connectivity index (χ0) is 16.6. The number of aliphatic imine (C=N–C) groups is 1. The van der Waals surface area contributed by atoms with Crippen LogP contribution < -0.4 is 10.6 Å². The predicted molar refractivity (Wildman–Crippen MR) is 106 cm³/mol. The zero-order valence-electron chi connectivity index (χ0n) is 14.2. The smallest absolute Gasteiger partial charge is 0.191 e. The maximum Gasteiger partial charge on any atom is 0.191 e. The van der Waals surface area contributed by atoms with E-state index in [4.69, 9.17) is 0 Å². The molecule has 1 aromatic rings. The molecule has 0 saturated heterocycles. The van der Waals surface area contributed by atoms with Gasteiger partial charge in [-0.25, -0.2) is 13.4 Å². The molecule has 0 aliphatic carbocycles. The first-order valence-corrected chi connectivity index (χ1v) is 9.06. The van der Waals surface area contributed by atoms with Crippen molar-refractivity contribution >= 4 is 39.8 Å². The van der Waals surface area contributed by atoms with E-state index in [-0.39, 0.29) is 29.7 Å². The summed E-state index contributed by atoms with van der Waals surface area (Å²) >= 11 is 0. The minimum absolute atomic E-state index is 0. The van der Waals surface area contributed by atoms with Crippen molar-refractivity contribution in [1.82, 2.24) is 15.6 Å². The molecule has 1 rings (SSSR count). The third-order valence-corrected chi connectivity index (χ3v) is 5.67. The van der Waals surface area contributed by atoms with Gasteiger partial charge in [0.1, 0.15) is 0 Å². The van der Waals surface area contributed by atoms with Gasteiger partial charge in [-0.1, -0.05) is 6.07 Å². The second-order valence-electron chi connectivity index (χ2n) is 5.87. The molecule has 0 aromatic carbocycles. The second-order valence-corrected chi connectivity index (χ2v) is 8.74. The zero-order valence-corrected chi connectivity index (χ0v) is 17.3. The summed E-state index contributed by atoms with van der Waals surface area (Å²) in [6, 6.07) is 5.67. The molecule has 0 fully saturated rings. The van der Waals surface area contributed by atoms with Crippen LogP contribution in [0.5, 0.6) is 0 Å². The van der Waals surface area contributed by atoms with Crippen LogP contribution in [0.1, 0.15) is 33.4 Å². The van der Waals surface area contributed by atoms with Crippen molar-refractivity contribution in [1.29, 1.82) is 0 Å². The molecular weight excluding hydrogens is 427 g/mol. The van der Waals surface area contributed by atoms with Gasteiger partial charge < -0.3 is 10.6 Å². The van der Waals surface area contributed by atoms with Crippen LogP contribution in [0.3, 0.4) is 0 Å². The van der Waals surface area contributed by atoms with E-state index in [1.54, 1.807) is 27.0 Å². The Labute approximate surface area is 156 Å². The molecule has 0 saturated carbocycles. The van der Waals surface area contributed by atoms with E-state index in [0.29, 0.717) is 25.6 Å². The van der Waals surface area contributed by atoms with Gasteiger partial charge in [0, 0.05) is 19.3 Å². The van der Waals surface area contributed by atoms with Gasteiger partial charge >= 0.3 is 0 Å². The minimum atomic E-state index is -3.13. The van der Waals surface area contributed by atoms with Crippen molar-refractivity contribution < 1.29 is 8.42 Å². The predicted octanol–water partition coefficient (Wildman–Crippen LogP) is 1.97. The third-order valence-electron chi connectivity index (χ3n) is 3.07. The van der Waals surface area contributed by atoms with Crippen molar-refractivity contribution in [2.45, 2.75) is 39.0 Å². The largest absolute Gasteiger partial charge is 0.357 e. The number of rotatable bonds is 6. The molecule has 0 aliphatic heterocycles. The van der Waals surface area contributed by atoms with E-state index in [9.17, 15) is 8.42 Å². The Bertz CT molecular complexity index is 583. The molecule has 1 heterocycles. The number of guanidine groups is 1. The van der Waals surface area contributed by atoms with Gasteiger partial charge in [-0.15, -0.1) is 24.0 Å². The van der Waals surface area contributed by atoms with E-state index in [0.717, 1.165) is 5.69 Å². The minimum Gasteiger partial charge on any atom is -0.357 e. The standard InChI is InChI=1S/C15H26N4O2S.HI/c1-5-16-14(19-12-13-8-6-7-9-17-13)18-10-11-22(20,21)15(2,3)4;/h6-9H,5,10-12H2,1-4H3,(H2,16,18,19);1H. The van der Waals surface area contributed by atoms with Gasteiger partial charge in [-0.05, 0) is 39.8 Å². The molecular formula is C15H27IN4O2S. The molecule has 0 radical (unpaired) electrons. The Morgan fingerprint density at radius 3 is 2.48 bits per heavy atom. The SMILES string of the molecule is CCNC(=NCc1ccccn1)NCCS(=O)(=O)C(C)(C)C.I. The molecule has 132 valence electrons. The first kappa shape index (κ1) is 22.1. The number of hydrogen-bond donors (Lipinski definition) is 2. The van der Waals surface area contributed by atoms with E-state index < -0.39 is 14.6 Å². The van der Waals surface area contributed by atoms with Crippen LogP contribution in [0.25, 0.3) is 0 Å². The topological polar surface area (TPSA) is 83.4 Å². The summed E-state index contributed by atoms with van der Waals surface area (Å²) in [5.74, 6) is 0.669. The molecule has 0 bridgehead atoms. The van der Waals surface area contributed by atoms with Gasteiger partial charge in [0.2, 0.25) is 0 Å². The first-order chi connectivity index (χ1) is 10.3. The first-order valence-electron chi connectivity index (χ1n) is 7.40. The number of pyridine rings is 1. The van der Waals surface area contributed by atoms with Gasteiger partial charge in [0.25, 0.3) is 0 Å².